The Morgan fingerprint density at radius 1 is 1.62 bits per heavy atom. The summed E-state index contributed by atoms with van der Waals surface area (Å²) in [6, 6.07) is 2.38. The standard InChI is InChI=1S/C7H5ClN2O3/c1-4(11)6-2-5(8)3-7(9-6)10(12)13/h2-3H,1H3. The Morgan fingerprint density at radius 2 is 2.23 bits per heavy atom. The molecule has 0 aromatic carbocycles. The number of nitrogens with zero attached hydrogens (tertiary/aromatic N) is 2. The topological polar surface area (TPSA) is 73.1 Å². The van der Waals surface area contributed by atoms with Gasteiger partial charge in [-0.05, 0) is 9.91 Å². The number of carbonyl (C=O) groups excluding carboxylic acids is 1. The fourth-order valence-electron chi connectivity index (χ4n) is 0.757. The molecule has 68 valence electrons. The highest BCUT2D eigenvalue weighted by atomic mass is 35.5. The van der Waals surface area contributed by atoms with Crippen LogP contribution in [0.25, 0.3) is 0 Å². The molecule has 1 aromatic rings. The third-order valence-electron chi connectivity index (χ3n) is 1.32. The second-order valence-electron chi connectivity index (χ2n) is 2.34. The van der Waals surface area contributed by atoms with Crippen molar-refractivity contribution in [3.63, 3.8) is 0 Å². The van der Waals surface area contributed by atoms with Crippen molar-refractivity contribution in [3.05, 3.63) is 33.0 Å². The van der Waals surface area contributed by atoms with Crippen LogP contribution in [-0.4, -0.2) is 15.7 Å². The maximum atomic E-state index is 10.8. The fourth-order valence-corrected chi connectivity index (χ4v) is 0.958. The maximum absolute atomic E-state index is 10.8. The minimum atomic E-state index is -0.696. The van der Waals surface area contributed by atoms with Gasteiger partial charge in [0, 0.05) is 13.0 Å². The molecule has 0 amide bonds. The summed E-state index contributed by atoms with van der Waals surface area (Å²) in [5.74, 6) is -0.775. The van der Waals surface area contributed by atoms with Crippen molar-refractivity contribution in [2.24, 2.45) is 0 Å². The molecule has 0 fully saturated rings. The summed E-state index contributed by atoms with van der Waals surface area (Å²) in [5.41, 5.74) is -0.000741. The van der Waals surface area contributed by atoms with Crippen LogP contribution in [0.5, 0.6) is 0 Å². The van der Waals surface area contributed by atoms with Gasteiger partial charge in [-0.15, -0.1) is 0 Å². The summed E-state index contributed by atoms with van der Waals surface area (Å²) >= 11 is 5.54. The highest BCUT2D eigenvalue weighted by Crippen LogP contribution is 2.17. The second-order valence-corrected chi connectivity index (χ2v) is 2.78. The molecule has 0 unspecified atom stereocenters. The summed E-state index contributed by atoms with van der Waals surface area (Å²) < 4.78 is 0. The molecule has 1 rings (SSSR count). The van der Waals surface area contributed by atoms with Gasteiger partial charge in [-0.2, -0.15) is 0 Å². The number of Topliss-reactive ketones (excluding diaryl/α,β-unsaturated/α-hetero) is 1. The lowest BCUT2D eigenvalue weighted by molar-refractivity contribution is -0.389. The van der Waals surface area contributed by atoms with E-state index < -0.39 is 10.7 Å². The van der Waals surface area contributed by atoms with Crippen LogP contribution in [0.15, 0.2) is 12.1 Å². The van der Waals surface area contributed by atoms with Crippen LogP contribution in [-0.2, 0) is 0 Å². The molecule has 0 atom stereocenters. The second kappa shape index (κ2) is 3.49. The molecule has 1 aromatic heterocycles. The van der Waals surface area contributed by atoms with Gasteiger partial charge in [0.05, 0.1) is 11.1 Å². The van der Waals surface area contributed by atoms with Gasteiger partial charge in [0.2, 0.25) is 11.5 Å². The first-order valence-corrected chi connectivity index (χ1v) is 3.71. The first kappa shape index (κ1) is 9.60. The summed E-state index contributed by atoms with van der Waals surface area (Å²) in [5, 5.41) is 10.4. The van der Waals surface area contributed by atoms with Crippen molar-refractivity contribution in [2.45, 2.75) is 6.92 Å². The van der Waals surface area contributed by atoms with E-state index in [0.29, 0.717) is 0 Å². The van der Waals surface area contributed by atoms with E-state index >= 15 is 0 Å². The Balaban J connectivity index is 3.26. The van der Waals surface area contributed by atoms with E-state index in [-0.39, 0.29) is 16.5 Å². The SMILES string of the molecule is CC(=O)c1cc(Cl)cc([N+](=O)[O-])n1. The number of hydrogen-bond acceptors (Lipinski definition) is 4. The fraction of sp³-hybridized carbons (Fsp3) is 0.143. The molecule has 0 spiro atoms. The van der Waals surface area contributed by atoms with Gasteiger partial charge >= 0.3 is 5.82 Å². The summed E-state index contributed by atoms with van der Waals surface area (Å²) in [4.78, 5) is 23.9. The van der Waals surface area contributed by atoms with Crippen molar-refractivity contribution >= 4 is 23.2 Å². The Morgan fingerprint density at radius 3 is 2.69 bits per heavy atom. The van der Waals surface area contributed by atoms with Crippen molar-refractivity contribution in [1.82, 2.24) is 4.98 Å². The van der Waals surface area contributed by atoms with Crippen LogP contribution in [0.1, 0.15) is 17.4 Å². The van der Waals surface area contributed by atoms with E-state index in [1.54, 1.807) is 0 Å². The maximum Gasteiger partial charge on any atom is 0.365 e. The highest BCUT2D eigenvalue weighted by Gasteiger charge is 2.15. The first-order chi connectivity index (χ1) is 6.00. The number of nitro groups is 1. The number of ketones is 1. The minimum absolute atomic E-state index is 0.000741. The van der Waals surface area contributed by atoms with Gasteiger partial charge < -0.3 is 10.1 Å². The van der Waals surface area contributed by atoms with Gasteiger partial charge in [-0.25, -0.2) is 0 Å². The lowest BCUT2D eigenvalue weighted by Crippen LogP contribution is -2.00. The normalized spacial score (nSPS) is 9.69. The largest absolute Gasteiger partial charge is 0.365 e. The van der Waals surface area contributed by atoms with Gasteiger partial charge in [-0.1, -0.05) is 11.6 Å². The van der Waals surface area contributed by atoms with Crippen LogP contribution in [0, 0.1) is 10.1 Å². The quantitative estimate of drug-likeness (QED) is 0.415. The zero-order valence-corrected chi connectivity index (χ0v) is 7.41. The van der Waals surface area contributed by atoms with E-state index in [9.17, 15) is 14.9 Å². The summed E-state index contributed by atoms with van der Waals surface area (Å²) in [6.45, 7) is 1.27. The van der Waals surface area contributed by atoms with Crippen LogP contribution in [0.4, 0.5) is 5.82 Å². The van der Waals surface area contributed by atoms with Gasteiger partial charge in [-0.3, -0.25) is 4.79 Å². The van der Waals surface area contributed by atoms with Gasteiger partial charge in [0.15, 0.2) is 0 Å². The number of carbonyl (C=O) groups is 1. The van der Waals surface area contributed by atoms with Crippen molar-refractivity contribution < 1.29 is 9.72 Å². The third kappa shape index (κ3) is 2.22. The average Bonchev–Trinajstić information content (AvgIpc) is 2.03. The smallest absolute Gasteiger partial charge is 0.358 e. The molecule has 0 radical (unpaired) electrons. The van der Waals surface area contributed by atoms with Crippen molar-refractivity contribution in [3.8, 4) is 0 Å². The first-order valence-electron chi connectivity index (χ1n) is 3.33. The molecule has 5 nitrogen and oxygen atoms in total. The van der Waals surface area contributed by atoms with E-state index in [0.717, 1.165) is 6.07 Å². The van der Waals surface area contributed by atoms with Crippen molar-refractivity contribution in [2.75, 3.05) is 0 Å². The van der Waals surface area contributed by atoms with Gasteiger partial charge in [0.1, 0.15) is 0 Å². The zero-order valence-electron chi connectivity index (χ0n) is 6.65. The molecule has 13 heavy (non-hydrogen) atoms. The Bertz CT molecular complexity index is 346. The molecular weight excluding hydrogens is 196 g/mol. The lowest BCUT2D eigenvalue weighted by Gasteiger charge is -1.94. The van der Waals surface area contributed by atoms with E-state index in [1.165, 1.54) is 13.0 Å². The number of pyridine rings is 1. The van der Waals surface area contributed by atoms with Crippen LogP contribution >= 0.6 is 11.6 Å². The molecule has 0 bridgehead atoms. The predicted octanol–water partition coefficient (Wildman–Crippen LogP) is 1.85. The summed E-state index contributed by atoms with van der Waals surface area (Å²) in [6.07, 6.45) is 0. The number of aromatic nitrogens is 1. The predicted molar refractivity (Wildman–Crippen MR) is 45.9 cm³/mol. The number of halogens is 1. The van der Waals surface area contributed by atoms with Gasteiger partial charge in [0.25, 0.3) is 0 Å². The molecule has 6 heteroatoms. The molecule has 0 aliphatic rings. The zero-order chi connectivity index (χ0) is 10.0. The Labute approximate surface area is 78.5 Å². The lowest BCUT2D eigenvalue weighted by atomic mass is 10.3. The van der Waals surface area contributed by atoms with Crippen molar-refractivity contribution in [1.29, 1.82) is 0 Å². The van der Waals surface area contributed by atoms with E-state index in [1.807, 2.05) is 0 Å². The molecule has 0 N–H and O–H groups in total. The number of rotatable bonds is 2. The average molecular weight is 201 g/mol. The molecule has 0 aliphatic carbocycles. The van der Waals surface area contributed by atoms with Crippen LogP contribution in [0.3, 0.4) is 0 Å². The monoisotopic (exact) mass is 200 g/mol. The molecule has 1 heterocycles. The highest BCUT2D eigenvalue weighted by molar-refractivity contribution is 6.31. The molecule has 0 saturated heterocycles. The third-order valence-corrected chi connectivity index (χ3v) is 1.54. The van der Waals surface area contributed by atoms with E-state index in [2.05, 4.69) is 4.98 Å². The molecule has 0 aliphatic heterocycles. The van der Waals surface area contributed by atoms with Crippen LogP contribution < -0.4 is 0 Å². The molecular formula is C7H5ClN2O3. The minimum Gasteiger partial charge on any atom is -0.358 e. The Hall–Kier alpha value is -1.49. The summed E-state index contributed by atoms with van der Waals surface area (Å²) in [7, 11) is 0. The molecule has 0 saturated carbocycles. The number of hydrogen-bond donors (Lipinski definition) is 0. The Kier molecular flexibility index (Phi) is 2.57. The van der Waals surface area contributed by atoms with E-state index in [4.69, 9.17) is 11.6 Å². The van der Waals surface area contributed by atoms with Crippen LogP contribution in [0.2, 0.25) is 5.02 Å².